The van der Waals surface area contributed by atoms with Crippen LogP contribution < -0.4 is 4.90 Å². The van der Waals surface area contributed by atoms with Gasteiger partial charge >= 0.3 is 5.97 Å². The zero-order valence-electron chi connectivity index (χ0n) is 14.2. The number of carboxylic acid groups (broad SMARTS) is 1. The lowest BCUT2D eigenvalue weighted by molar-refractivity contribution is 0.0690. The van der Waals surface area contributed by atoms with Crippen LogP contribution in [0.3, 0.4) is 0 Å². The molecule has 3 aromatic rings. The number of aromatic nitrogens is 3. The first-order chi connectivity index (χ1) is 13.1. The summed E-state index contributed by atoms with van der Waals surface area (Å²) in [5, 5.41) is 13.6. The van der Waals surface area contributed by atoms with Crippen molar-refractivity contribution in [3.8, 4) is 11.4 Å². The van der Waals surface area contributed by atoms with Crippen molar-refractivity contribution in [3.05, 3.63) is 47.1 Å². The van der Waals surface area contributed by atoms with Gasteiger partial charge < -0.3 is 18.9 Å². The minimum atomic E-state index is -1.10. The molecular weight excluding hydrogens is 374 g/mol. The summed E-state index contributed by atoms with van der Waals surface area (Å²) in [6.45, 7) is 3.35. The Labute approximate surface area is 159 Å². The predicted octanol–water partition coefficient (Wildman–Crippen LogP) is 2.40. The average molecular weight is 390 g/mol. The second kappa shape index (κ2) is 7.37. The van der Waals surface area contributed by atoms with Crippen molar-refractivity contribution in [2.45, 2.75) is 6.54 Å². The number of halogens is 1. The lowest BCUT2D eigenvalue weighted by Crippen LogP contribution is -2.46. The molecule has 27 heavy (non-hydrogen) atoms. The van der Waals surface area contributed by atoms with E-state index in [0.29, 0.717) is 42.4 Å². The van der Waals surface area contributed by atoms with Gasteiger partial charge in [0.05, 0.1) is 6.54 Å². The first-order valence-corrected chi connectivity index (χ1v) is 8.71. The van der Waals surface area contributed by atoms with E-state index >= 15 is 0 Å². The number of anilines is 1. The Morgan fingerprint density at radius 2 is 1.89 bits per heavy atom. The Hall–Kier alpha value is -2.91. The fourth-order valence-corrected chi connectivity index (χ4v) is 2.96. The van der Waals surface area contributed by atoms with E-state index in [0.717, 1.165) is 24.9 Å². The number of carbonyl (C=O) groups is 1. The zero-order valence-corrected chi connectivity index (χ0v) is 15.0. The lowest BCUT2D eigenvalue weighted by Gasteiger charge is -2.32. The normalized spacial score (nSPS) is 15.2. The third-order valence-corrected chi connectivity index (χ3v) is 4.54. The summed E-state index contributed by atoms with van der Waals surface area (Å²) in [7, 11) is 0. The number of piperazine rings is 1. The summed E-state index contributed by atoms with van der Waals surface area (Å²) in [6, 6.07) is 7.58. The van der Waals surface area contributed by atoms with E-state index in [1.807, 2.05) is 17.0 Å². The van der Waals surface area contributed by atoms with Crippen molar-refractivity contribution >= 4 is 23.6 Å². The highest BCUT2D eigenvalue weighted by molar-refractivity contribution is 6.30. The number of nitrogens with zero attached hydrogens (tertiary/aromatic N) is 5. The molecule has 1 aromatic carbocycles. The second-order valence-electron chi connectivity index (χ2n) is 6.10. The van der Waals surface area contributed by atoms with Gasteiger partial charge in [0, 0.05) is 36.8 Å². The molecule has 0 unspecified atom stereocenters. The van der Waals surface area contributed by atoms with Crippen molar-refractivity contribution in [3.63, 3.8) is 0 Å². The molecule has 0 radical (unpaired) electrons. The molecule has 4 rings (SSSR count). The molecule has 10 heteroatoms. The molecule has 1 saturated heterocycles. The minimum Gasteiger partial charge on any atom is -0.476 e. The number of rotatable bonds is 5. The molecular formula is C17H16ClN5O4. The monoisotopic (exact) mass is 389 g/mol. The van der Waals surface area contributed by atoms with Crippen molar-refractivity contribution in [2.75, 3.05) is 31.1 Å². The first kappa shape index (κ1) is 17.5. The van der Waals surface area contributed by atoms with Crippen LogP contribution in [-0.2, 0) is 6.54 Å². The van der Waals surface area contributed by atoms with Gasteiger partial charge in [0.15, 0.2) is 5.69 Å². The molecule has 1 fully saturated rings. The van der Waals surface area contributed by atoms with Crippen LogP contribution in [-0.4, -0.2) is 57.3 Å². The maximum Gasteiger partial charge on any atom is 0.357 e. The van der Waals surface area contributed by atoms with E-state index in [1.54, 1.807) is 12.1 Å². The van der Waals surface area contributed by atoms with Gasteiger partial charge in [0.2, 0.25) is 11.7 Å². The topological polar surface area (TPSA) is 109 Å². The number of carboxylic acids is 1. The Balaban J connectivity index is 1.34. The molecule has 0 aliphatic carbocycles. The third kappa shape index (κ3) is 3.93. The van der Waals surface area contributed by atoms with E-state index < -0.39 is 5.97 Å². The molecule has 0 bridgehead atoms. The molecule has 0 atom stereocenters. The van der Waals surface area contributed by atoms with Crippen LogP contribution in [0.4, 0.5) is 6.01 Å². The SMILES string of the molecule is O=C(O)c1coc(N2CCN(Cc3nc(-c4ccc(Cl)cc4)no3)CC2)n1. The quantitative estimate of drug-likeness (QED) is 0.703. The highest BCUT2D eigenvalue weighted by Gasteiger charge is 2.23. The summed E-state index contributed by atoms with van der Waals surface area (Å²) in [4.78, 5) is 23.4. The number of oxazole rings is 1. The number of hydrogen-bond donors (Lipinski definition) is 1. The van der Waals surface area contributed by atoms with Crippen LogP contribution in [0.15, 0.2) is 39.5 Å². The maximum absolute atomic E-state index is 10.9. The number of hydrogen-bond acceptors (Lipinski definition) is 8. The van der Waals surface area contributed by atoms with E-state index in [1.165, 1.54) is 0 Å². The van der Waals surface area contributed by atoms with Gasteiger partial charge in [-0.15, -0.1) is 0 Å². The van der Waals surface area contributed by atoms with Gasteiger partial charge in [-0.1, -0.05) is 16.8 Å². The summed E-state index contributed by atoms with van der Waals surface area (Å²) in [5.74, 6) is -0.0319. The summed E-state index contributed by atoms with van der Waals surface area (Å²) in [6.07, 6.45) is 1.15. The molecule has 0 spiro atoms. The van der Waals surface area contributed by atoms with Gasteiger partial charge in [0.25, 0.3) is 6.01 Å². The highest BCUT2D eigenvalue weighted by atomic mass is 35.5. The Bertz CT molecular complexity index is 931. The number of aromatic carboxylic acids is 1. The highest BCUT2D eigenvalue weighted by Crippen LogP contribution is 2.20. The van der Waals surface area contributed by atoms with Crippen LogP contribution in [0, 0.1) is 0 Å². The predicted molar refractivity (Wildman–Crippen MR) is 95.7 cm³/mol. The fourth-order valence-electron chi connectivity index (χ4n) is 2.83. The smallest absolute Gasteiger partial charge is 0.357 e. The van der Waals surface area contributed by atoms with Gasteiger partial charge in [-0.25, -0.2) is 4.79 Å². The van der Waals surface area contributed by atoms with E-state index in [-0.39, 0.29) is 5.69 Å². The van der Waals surface area contributed by atoms with Crippen LogP contribution in [0.5, 0.6) is 0 Å². The average Bonchev–Trinajstić information content (AvgIpc) is 3.33. The van der Waals surface area contributed by atoms with E-state index in [9.17, 15) is 4.79 Å². The lowest BCUT2D eigenvalue weighted by atomic mass is 10.2. The second-order valence-corrected chi connectivity index (χ2v) is 6.54. The van der Waals surface area contributed by atoms with Gasteiger partial charge in [-0.05, 0) is 24.3 Å². The van der Waals surface area contributed by atoms with Gasteiger partial charge in [-0.2, -0.15) is 9.97 Å². The molecule has 0 amide bonds. The molecule has 1 N–H and O–H groups in total. The Morgan fingerprint density at radius 3 is 2.56 bits per heavy atom. The molecule has 0 saturated carbocycles. The van der Waals surface area contributed by atoms with Crippen molar-refractivity contribution < 1.29 is 18.8 Å². The van der Waals surface area contributed by atoms with Crippen LogP contribution in [0.25, 0.3) is 11.4 Å². The molecule has 2 aromatic heterocycles. The van der Waals surface area contributed by atoms with Crippen LogP contribution in [0.1, 0.15) is 16.4 Å². The van der Waals surface area contributed by atoms with Crippen LogP contribution >= 0.6 is 11.6 Å². The molecule has 9 nitrogen and oxygen atoms in total. The fraction of sp³-hybridized carbons (Fsp3) is 0.294. The van der Waals surface area contributed by atoms with Crippen molar-refractivity contribution in [2.24, 2.45) is 0 Å². The molecule has 3 heterocycles. The van der Waals surface area contributed by atoms with Gasteiger partial charge in [0.1, 0.15) is 6.26 Å². The van der Waals surface area contributed by atoms with Crippen LogP contribution in [0.2, 0.25) is 5.02 Å². The number of benzene rings is 1. The Morgan fingerprint density at radius 1 is 1.15 bits per heavy atom. The van der Waals surface area contributed by atoms with Gasteiger partial charge in [-0.3, -0.25) is 4.90 Å². The largest absolute Gasteiger partial charge is 0.476 e. The molecule has 140 valence electrons. The summed E-state index contributed by atoms with van der Waals surface area (Å²) >= 11 is 5.89. The maximum atomic E-state index is 10.9. The standard InChI is InChI=1S/C17H16ClN5O4/c18-12-3-1-11(2-4-12)15-20-14(27-21-15)9-22-5-7-23(8-6-22)17-19-13(10-26-17)16(24)25/h1-4,10H,5-9H2,(H,24,25). The zero-order chi connectivity index (χ0) is 18.8. The van der Waals surface area contributed by atoms with Crippen molar-refractivity contribution in [1.29, 1.82) is 0 Å². The van der Waals surface area contributed by atoms with E-state index in [4.69, 9.17) is 25.6 Å². The minimum absolute atomic E-state index is 0.0898. The first-order valence-electron chi connectivity index (χ1n) is 8.33. The molecule has 1 aliphatic rings. The van der Waals surface area contributed by atoms with Crippen molar-refractivity contribution in [1.82, 2.24) is 20.0 Å². The summed E-state index contributed by atoms with van der Waals surface area (Å²) < 4.78 is 10.6. The third-order valence-electron chi connectivity index (χ3n) is 4.28. The summed E-state index contributed by atoms with van der Waals surface area (Å²) in [5.41, 5.74) is 0.755. The Kier molecular flexibility index (Phi) is 4.78. The van der Waals surface area contributed by atoms with E-state index in [2.05, 4.69) is 20.0 Å². The molecule has 1 aliphatic heterocycles.